The molecule has 3 aromatic rings. The second kappa shape index (κ2) is 13.0. The zero-order valence-electron chi connectivity index (χ0n) is 29.5. The fraction of sp³-hybridized carbons (Fsp3) is 0.550. The van der Waals surface area contributed by atoms with Crippen molar-refractivity contribution in [2.45, 2.75) is 95.6 Å². The Balaban J connectivity index is 0.954. The van der Waals surface area contributed by atoms with Crippen LogP contribution in [0.1, 0.15) is 69.4 Å². The Morgan fingerprint density at radius 1 is 1.12 bits per heavy atom. The molecule has 0 amide bonds. The molecule has 11 nitrogen and oxygen atoms in total. The highest BCUT2D eigenvalue weighted by Gasteiger charge is 2.70. The number of hydrogen-bond donors (Lipinski definition) is 6. The number of hydrogen-bond acceptors (Lipinski definition) is 10. The maximum absolute atomic E-state index is 13.7. The Morgan fingerprint density at radius 3 is 2.59 bits per heavy atom. The Kier molecular flexibility index (Phi) is 8.78. The molecule has 7 aliphatic rings. The van der Waals surface area contributed by atoms with Crippen LogP contribution in [0.15, 0.2) is 75.6 Å². The Labute approximate surface area is 297 Å². The van der Waals surface area contributed by atoms with Crippen molar-refractivity contribution in [1.82, 2.24) is 15.2 Å². The molecule has 51 heavy (non-hydrogen) atoms. The lowest BCUT2D eigenvalue weighted by Crippen LogP contribution is -2.73. The fourth-order valence-electron chi connectivity index (χ4n) is 11.3. The number of aliphatic hydroxyl groups is 3. The third-order valence-corrected chi connectivity index (χ3v) is 13.2. The number of anilines is 1. The number of rotatable bonds is 14. The predicted octanol–water partition coefficient (Wildman–Crippen LogP) is 4.47. The lowest BCUT2D eigenvalue weighted by molar-refractivity contribution is -0.213. The van der Waals surface area contributed by atoms with Crippen LogP contribution < -0.4 is 21.5 Å². The number of aliphatic hydroxyl groups excluding tert-OH is 3. The average molecular weight is 699 g/mol. The van der Waals surface area contributed by atoms with Gasteiger partial charge in [0.05, 0.1) is 19.7 Å². The number of nitrogens with zero attached hydrogens (tertiary/aromatic N) is 1. The summed E-state index contributed by atoms with van der Waals surface area (Å²) in [6.07, 6.45) is 10.1. The van der Waals surface area contributed by atoms with E-state index in [9.17, 15) is 24.9 Å². The monoisotopic (exact) mass is 698 g/mol. The summed E-state index contributed by atoms with van der Waals surface area (Å²) in [5, 5.41) is 44.6. The summed E-state index contributed by atoms with van der Waals surface area (Å²) in [6, 6.07) is 10.0. The van der Waals surface area contributed by atoms with Gasteiger partial charge in [-0.2, -0.15) is 0 Å². The standard InChI is InChI=1S/C40H50N4O7/c1-22-24-9-4-6-12-32(24)51-35(22)37(48)41-30(10-5-7-13-34(46)50-3)36(47)42-31-11-8-14-44(38(31)49)20-33(45)43-40-18-26-25-15-23-16-28(26)39(2,21-40)29(17-23)27(25)19-40/h4,6-9,11-15,25-30,33,36-37,41-43,45,47-48H,5,10,16-21H2,1-3H3/b13-7+/t25?,26-,27?,28?,29?,30+,33?,36?,37?,39?,40?/m1/s1. The molecule has 7 aliphatic carbocycles. The third kappa shape index (κ3) is 5.96. The van der Waals surface area contributed by atoms with Crippen molar-refractivity contribution in [1.29, 1.82) is 0 Å². The van der Waals surface area contributed by atoms with Crippen LogP contribution in [0, 0.1) is 41.9 Å². The number of aromatic nitrogens is 1. The summed E-state index contributed by atoms with van der Waals surface area (Å²) in [4.78, 5) is 25.3. The van der Waals surface area contributed by atoms with Gasteiger partial charge in [0.25, 0.3) is 5.56 Å². The molecule has 0 saturated heterocycles. The normalized spacial score (nSPS) is 32.4. The van der Waals surface area contributed by atoms with Gasteiger partial charge in [-0.25, -0.2) is 4.79 Å². The molecule has 11 atom stereocenters. The van der Waals surface area contributed by atoms with E-state index in [1.165, 1.54) is 30.6 Å². The molecule has 272 valence electrons. The van der Waals surface area contributed by atoms with E-state index in [-0.39, 0.29) is 23.3 Å². The Morgan fingerprint density at radius 2 is 1.86 bits per heavy atom. The van der Waals surface area contributed by atoms with Crippen molar-refractivity contribution < 1.29 is 29.3 Å². The molecular formula is C40H50N4O7. The minimum Gasteiger partial charge on any atom is -0.466 e. The number of carbonyl (C=O) groups is 1. The van der Waals surface area contributed by atoms with Crippen LogP contribution >= 0.6 is 0 Å². The number of benzene rings is 1. The second-order valence-corrected chi connectivity index (χ2v) is 16.1. The van der Waals surface area contributed by atoms with Gasteiger partial charge in [0.1, 0.15) is 23.7 Å². The van der Waals surface area contributed by atoms with Crippen molar-refractivity contribution in [3.8, 4) is 0 Å². The zero-order chi connectivity index (χ0) is 35.7. The van der Waals surface area contributed by atoms with Crippen molar-refractivity contribution in [3.05, 3.63) is 88.1 Å². The number of furan rings is 1. The van der Waals surface area contributed by atoms with E-state index in [2.05, 4.69) is 33.7 Å². The van der Waals surface area contributed by atoms with E-state index >= 15 is 0 Å². The van der Waals surface area contributed by atoms with Crippen LogP contribution in [0.4, 0.5) is 5.69 Å². The van der Waals surface area contributed by atoms with Crippen LogP contribution in [0.25, 0.3) is 11.0 Å². The molecule has 10 rings (SSSR count). The third-order valence-electron chi connectivity index (χ3n) is 13.2. The zero-order valence-corrected chi connectivity index (χ0v) is 29.5. The molecule has 8 bridgehead atoms. The van der Waals surface area contributed by atoms with E-state index in [1.807, 2.05) is 31.2 Å². The number of aryl methyl sites for hydroxylation is 1. The molecule has 5 fully saturated rings. The van der Waals surface area contributed by atoms with E-state index in [4.69, 9.17) is 4.42 Å². The molecule has 2 aromatic heterocycles. The molecule has 2 heterocycles. The van der Waals surface area contributed by atoms with Crippen molar-refractivity contribution in [3.63, 3.8) is 0 Å². The highest BCUT2D eigenvalue weighted by Crippen LogP contribution is 2.75. The van der Waals surface area contributed by atoms with E-state index < -0.39 is 30.7 Å². The predicted molar refractivity (Wildman–Crippen MR) is 192 cm³/mol. The van der Waals surface area contributed by atoms with E-state index in [0.717, 1.165) is 42.0 Å². The summed E-state index contributed by atoms with van der Waals surface area (Å²) in [7, 11) is 1.30. The lowest BCUT2D eigenvalue weighted by atomic mass is 9.32. The first-order valence-electron chi connectivity index (χ1n) is 18.4. The maximum Gasteiger partial charge on any atom is 0.330 e. The van der Waals surface area contributed by atoms with Crippen LogP contribution in [0.3, 0.4) is 0 Å². The number of esters is 1. The van der Waals surface area contributed by atoms with Gasteiger partial charge in [-0.15, -0.1) is 0 Å². The van der Waals surface area contributed by atoms with Crippen LogP contribution in [-0.4, -0.2) is 57.0 Å². The number of carbonyl (C=O) groups excluding carboxylic acids is 1. The average Bonchev–Trinajstić information content (AvgIpc) is 3.45. The SMILES string of the molecule is COC(=O)/C=C/CC[C@H](NC(O)c1oc2ccccc2c1C)C(O)Nc1cccn(CC(O)NC23CC4C5C=C6CC4C(C)(C2)C(C6)[C@@H]5C3)c1=O. The summed E-state index contributed by atoms with van der Waals surface area (Å²) in [5.41, 5.74) is 3.06. The number of pyridine rings is 1. The first kappa shape index (κ1) is 34.4. The van der Waals surface area contributed by atoms with Crippen LogP contribution in [0.2, 0.25) is 0 Å². The number of para-hydroxylation sites is 1. The fourth-order valence-corrected chi connectivity index (χ4v) is 11.3. The van der Waals surface area contributed by atoms with E-state index in [1.54, 1.807) is 30.0 Å². The molecule has 1 aromatic carbocycles. The van der Waals surface area contributed by atoms with Gasteiger partial charge < -0.3 is 34.4 Å². The largest absolute Gasteiger partial charge is 0.466 e. The minimum atomic E-state index is -1.31. The van der Waals surface area contributed by atoms with Gasteiger partial charge in [0, 0.05) is 28.8 Å². The van der Waals surface area contributed by atoms with Gasteiger partial charge in [0.15, 0.2) is 12.0 Å². The van der Waals surface area contributed by atoms with Crippen LogP contribution in [-0.2, 0) is 16.1 Å². The first-order valence-corrected chi connectivity index (χ1v) is 18.4. The molecule has 0 spiro atoms. The highest BCUT2D eigenvalue weighted by atomic mass is 16.5. The molecular weight excluding hydrogens is 648 g/mol. The second-order valence-electron chi connectivity index (χ2n) is 16.1. The maximum atomic E-state index is 13.7. The first-order chi connectivity index (χ1) is 24.5. The quantitative estimate of drug-likeness (QED) is 0.0614. The topological polar surface area (TPSA) is 158 Å². The lowest BCUT2D eigenvalue weighted by Gasteiger charge is -2.74. The highest BCUT2D eigenvalue weighted by molar-refractivity contribution is 5.82. The molecule has 9 unspecified atom stereocenters. The number of nitrogens with one attached hydrogen (secondary N) is 3. The van der Waals surface area contributed by atoms with Gasteiger partial charge in [0.2, 0.25) is 0 Å². The van der Waals surface area contributed by atoms with Crippen molar-refractivity contribution in [2.24, 2.45) is 35.0 Å². The van der Waals surface area contributed by atoms with Crippen LogP contribution in [0.5, 0.6) is 0 Å². The van der Waals surface area contributed by atoms with Crippen molar-refractivity contribution in [2.75, 3.05) is 12.4 Å². The van der Waals surface area contributed by atoms with Gasteiger partial charge >= 0.3 is 5.97 Å². The summed E-state index contributed by atoms with van der Waals surface area (Å²) < 4.78 is 12.1. The Hall–Kier alpha value is -3.74. The summed E-state index contributed by atoms with van der Waals surface area (Å²) in [5.74, 6) is 3.39. The smallest absolute Gasteiger partial charge is 0.330 e. The number of fused-ring (bicyclic) bond motifs is 1. The molecule has 11 heteroatoms. The Bertz CT molecular complexity index is 1900. The van der Waals surface area contributed by atoms with Gasteiger partial charge in [-0.05, 0) is 105 Å². The van der Waals surface area contributed by atoms with Gasteiger partial charge in [-0.1, -0.05) is 42.8 Å². The number of methoxy groups -OCH3 is 1. The number of ether oxygens (including phenoxy) is 1. The minimum absolute atomic E-state index is 0.0721. The molecule has 6 N–H and O–H groups in total. The summed E-state index contributed by atoms with van der Waals surface area (Å²) >= 11 is 0. The van der Waals surface area contributed by atoms with Crippen molar-refractivity contribution >= 4 is 22.6 Å². The van der Waals surface area contributed by atoms with Gasteiger partial charge in [-0.3, -0.25) is 15.4 Å². The van der Waals surface area contributed by atoms with E-state index in [0.29, 0.717) is 47.4 Å². The molecule has 5 saturated carbocycles. The number of allylic oxidation sites excluding steroid dienone is 3. The molecule has 0 aliphatic heterocycles. The molecule has 0 radical (unpaired) electrons. The summed E-state index contributed by atoms with van der Waals surface area (Å²) in [6.45, 7) is 4.43.